The number of halogens is 1. The fraction of sp³-hybridized carbons (Fsp3) is 0.333. The van der Waals surface area contributed by atoms with Gasteiger partial charge in [-0.1, -0.05) is 11.6 Å². The highest BCUT2D eigenvalue weighted by Gasteiger charge is 2.22. The zero-order valence-electron chi connectivity index (χ0n) is 14.5. The van der Waals surface area contributed by atoms with Crippen LogP contribution in [0.1, 0.15) is 29.3 Å². The molecule has 0 spiro atoms. The van der Waals surface area contributed by atoms with E-state index in [2.05, 4.69) is 5.32 Å². The molecule has 26 heavy (non-hydrogen) atoms. The molecule has 2 aromatic rings. The van der Waals surface area contributed by atoms with Crippen LogP contribution in [0, 0.1) is 0 Å². The number of thiophene rings is 1. The Kier molecular flexibility index (Phi) is 7.29. The quantitative estimate of drug-likeness (QED) is 0.674. The normalized spacial score (nSPS) is 11.7. The molecule has 0 saturated carbocycles. The summed E-state index contributed by atoms with van der Waals surface area (Å²) in [6.45, 7) is 0. The first kappa shape index (κ1) is 20.1. The average Bonchev–Trinajstić information content (AvgIpc) is 3.03. The van der Waals surface area contributed by atoms with Gasteiger partial charge in [-0.15, -0.1) is 11.3 Å². The van der Waals surface area contributed by atoms with E-state index in [-0.39, 0.29) is 18.7 Å². The number of benzene rings is 1. The monoisotopic (exact) mass is 397 g/mol. The molecule has 1 heterocycles. The molecule has 0 fully saturated rings. The number of hydrogen-bond acceptors (Lipinski definition) is 5. The van der Waals surface area contributed by atoms with Crippen molar-refractivity contribution in [2.75, 3.05) is 14.2 Å². The number of hydrogen-bond donors (Lipinski definition) is 2. The predicted octanol–water partition coefficient (Wildman–Crippen LogP) is 3.68. The predicted molar refractivity (Wildman–Crippen MR) is 100 cm³/mol. The smallest absolute Gasteiger partial charge is 0.305 e. The third-order valence-corrected chi connectivity index (χ3v) is 5.05. The summed E-state index contributed by atoms with van der Waals surface area (Å²) in [7, 11) is 3.01. The van der Waals surface area contributed by atoms with Gasteiger partial charge in [-0.05, 0) is 30.7 Å². The third-order valence-electron chi connectivity index (χ3n) is 3.76. The van der Waals surface area contributed by atoms with Crippen LogP contribution in [-0.4, -0.2) is 31.2 Å². The van der Waals surface area contributed by atoms with Crippen LogP contribution in [0.4, 0.5) is 0 Å². The van der Waals surface area contributed by atoms with Crippen molar-refractivity contribution in [3.63, 3.8) is 0 Å². The molecule has 0 aliphatic heterocycles. The number of carbonyl (C=O) groups excluding carboxylic acids is 1. The van der Waals surface area contributed by atoms with E-state index >= 15 is 0 Å². The van der Waals surface area contributed by atoms with E-state index < -0.39 is 12.0 Å². The topological polar surface area (TPSA) is 84.9 Å². The molecule has 6 nitrogen and oxygen atoms in total. The van der Waals surface area contributed by atoms with Crippen LogP contribution in [-0.2, 0) is 16.0 Å². The van der Waals surface area contributed by atoms with E-state index in [0.29, 0.717) is 27.8 Å². The minimum Gasteiger partial charge on any atom is -0.497 e. The van der Waals surface area contributed by atoms with Crippen LogP contribution in [0.15, 0.2) is 30.3 Å². The molecule has 1 aromatic heterocycles. The number of amides is 1. The van der Waals surface area contributed by atoms with Crippen LogP contribution in [0.2, 0.25) is 4.34 Å². The Balaban J connectivity index is 2.11. The number of carboxylic acid groups (broad SMARTS) is 1. The lowest BCUT2D eigenvalue weighted by molar-refractivity contribution is -0.137. The Labute approximate surface area is 160 Å². The second-order valence-electron chi connectivity index (χ2n) is 5.53. The van der Waals surface area contributed by atoms with Crippen molar-refractivity contribution in [1.29, 1.82) is 0 Å². The second-order valence-corrected chi connectivity index (χ2v) is 7.33. The zero-order valence-corrected chi connectivity index (χ0v) is 16.0. The summed E-state index contributed by atoms with van der Waals surface area (Å²) < 4.78 is 11.1. The third kappa shape index (κ3) is 5.64. The lowest BCUT2D eigenvalue weighted by Crippen LogP contribution is -2.30. The summed E-state index contributed by atoms with van der Waals surface area (Å²) in [5.74, 6) is -0.210. The first-order valence-corrected chi connectivity index (χ1v) is 9.09. The molecule has 0 radical (unpaired) electrons. The van der Waals surface area contributed by atoms with Crippen molar-refractivity contribution in [3.05, 3.63) is 45.1 Å². The molecule has 2 rings (SSSR count). The van der Waals surface area contributed by atoms with Gasteiger partial charge in [0.05, 0.1) is 31.0 Å². The molecule has 140 valence electrons. The van der Waals surface area contributed by atoms with E-state index in [1.54, 1.807) is 24.3 Å². The maximum absolute atomic E-state index is 12.3. The number of ether oxygens (including phenoxy) is 2. The number of rotatable bonds is 9. The van der Waals surface area contributed by atoms with E-state index in [0.717, 1.165) is 4.88 Å². The number of aryl methyl sites for hydroxylation is 1. The number of carbonyl (C=O) groups is 2. The fourth-order valence-corrected chi connectivity index (χ4v) is 3.60. The SMILES string of the molecule is COc1ccc(C(CC(=O)O)NC(=O)CCc2ccc(Cl)s2)c(OC)c1. The molecule has 1 aromatic carbocycles. The molecule has 1 atom stereocenters. The van der Waals surface area contributed by atoms with Crippen molar-refractivity contribution in [2.45, 2.75) is 25.3 Å². The van der Waals surface area contributed by atoms with E-state index in [1.165, 1.54) is 25.6 Å². The lowest BCUT2D eigenvalue weighted by Gasteiger charge is -2.20. The number of carboxylic acids is 1. The minimum atomic E-state index is -1.02. The molecule has 0 aliphatic carbocycles. The molecule has 1 unspecified atom stereocenters. The Morgan fingerprint density at radius 2 is 2.00 bits per heavy atom. The van der Waals surface area contributed by atoms with Gasteiger partial charge in [-0.25, -0.2) is 0 Å². The Morgan fingerprint density at radius 3 is 2.58 bits per heavy atom. The summed E-state index contributed by atoms with van der Waals surface area (Å²) in [5.41, 5.74) is 0.586. The standard InChI is InChI=1S/C18H20ClNO5S/c1-24-11-3-6-13(15(9-11)25-2)14(10-18(22)23)20-17(21)8-5-12-4-7-16(19)26-12/h3-4,6-7,9,14H,5,8,10H2,1-2H3,(H,20,21)(H,22,23). The van der Waals surface area contributed by atoms with Crippen LogP contribution >= 0.6 is 22.9 Å². The Hall–Kier alpha value is -2.25. The van der Waals surface area contributed by atoms with Crippen LogP contribution in [0.3, 0.4) is 0 Å². The van der Waals surface area contributed by atoms with Crippen LogP contribution < -0.4 is 14.8 Å². The maximum Gasteiger partial charge on any atom is 0.305 e. The van der Waals surface area contributed by atoms with Gasteiger partial charge < -0.3 is 19.9 Å². The highest BCUT2D eigenvalue weighted by Crippen LogP contribution is 2.31. The molecule has 0 aliphatic rings. The molecule has 1 amide bonds. The average molecular weight is 398 g/mol. The van der Waals surface area contributed by atoms with E-state index in [1.807, 2.05) is 6.07 Å². The van der Waals surface area contributed by atoms with Gasteiger partial charge in [0, 0.05) is 22.9 Å². The van der Waals surface area contributed by atoms with Crippen LogP contribution in [0.25, 0.3) is 0 Å². The van der Waals surface area contributed by atoms with Crippen molar-refractivity contribution in [2.24, 2.45) is 0 Å². The highest BCUT2D eigenvalue weighted by molar-refractivity contribution is 7.16. The Bertz CT molecular complexity index is 777. The van der Waals surface area contributed by atoms with Crippen molar-refractivity contribution in [1.82, 2.24) is 5.32 Å². The van der Waals surface area contributed by atoms with E-state index in [4.69, 9.17) is 21.1 Å². The fourth-order valence-electron chi connectivity index (χ4n) is 2.51. The molecular formula is C18H20ClNO5S. The molecule has 2 N–H and O–H groups in total. The maximum atomic E-state index is 12.3. The van der Waals surface area contributed by atoms with Gasteiger partial charge in [0.15, 0.2) is 0 Å². The van der Waals surface area contributed by atoms with Crippen molar-refractivity contribution >= 4 is 34.8 Å². The summed E-state index contributed by atoms with van der Waals surface area (Å²) in [4.78, 5) is 24.6. The Morgan fingerprint density at radius 1 is 1.23 bits per heavy atom. The van der Waals surface area contributed by atoms with Gasteiger partial charge >= 0.3 is 5.97 Å². The van der Waals surface area contributed by atoms with E-state index in [9.17, 15) is 14.7 Å². The summed E-state index contributed by atoms with van der Waals surface area (Å²) in [6, 6.07) is 8.02. The van der Waals surface area contributed by atoms with Gasteiger partial charge in [0.2, 0.25) is 5.91 Å². The van der Waals surface area contributed by atoms with Crippen LogP contribution in [0.5, 0.6) is 11.5 Å². The molecule has 0 bridgehead atoms. The van der Waals surface area contributed by atoms with Crippen molar-refractivity contribution < 1.29 is 24.2 Å². The van der Waals surface area contributed by atoms with Gasteiger partial charge in [-0.3, -0.25) is 9.59 Å². The van der Waals surface area contributed by atoms with Crippen molar-refractivity contribution in [3.8, 4) is 11.5 Å². The first-order chi connectivity index (χ1) is 12.4. The zero-order chi connectivity index (χ0) is 19.1. The second kappa shape index (κ2) is 9.45. The minimum absolute atomic E-state index is 0.237. The van der Waals surface area contributed by atoms with Gasteiger partial charge in [0.1, 0.15) is 11.5 Å². The summed E-state index contributed by atoms with van der Waals surface area (Å²) in [6.07, 6.45) is 0.535. The number of aliphatic carboxylic acids is 1. The first-order valence-electron chi connectivity index (χ1n) is 7.90. The largest absolute Gasteiger partial charge is 0.497 e. The number of methoxy groups -OCH3 is 2. The highest BCUT2D eigenvalue weighted by atomic mass is 35.5. The molecule has 0 saturated heterocycles. The van der Waals surface area contributed by atoms with Gasteiger partial charge in [-0.2, -0.15) is 0 Å². The summed E-state index contributed by atoms with van der Waals surface area (Å²) in [5, 5.41) is 12.0. The van der Waals surface area contributed by atoms with Gasteiger partial charge in [0.25, 0.3) is 0 Å². The lowest BCUT2D eigenvalue weighted by atomic mass is 10.0. The number of nitrogens with one attached hydrogen (secondary N) is 1. The summed E-state index contributed by atoms with van der Waals surface area (Å²) >= 11 is 7.31. The molecular weight excluding hydrogens is 378 g/mol. The molecule has 8 heteroatoms.